The fourth-order valence-electron chi connectivity index (χ4n) is 2.88. The predicted octanol–water partition coefficient (Wildman–Crippen LogP) is 3.03. The highest BCUT2D eigenvalue weighted by Crippen LogP contribution is 2.17. The Kier molecular flexibility index (Phi) is 5.71. The summed E-state index contributed by atoms with van der Waals surface area (Å²) in [7, 11) is 1.93. The summed E-state index contributed by atoms with van der Waals surface area (Å²) in [6, 6.07) is 13.6. The maximum absolute atomic E-state index is 12.2. The summed E-state index contributed by atoms with van der Waals surface area (Å²) in [4.78, 5) is 14.5. The molecule has 3 rings (SSSR count). The first-order valence-electron chi connectivity index (χ1n) is 8.98. The lowest BCUT2D eigenvalue weighted by Crippen LogP contribution is -2.21. The number of hydrogen-bond donors (Lipinski definition) is 2. The van der Waals surface area contributed by atoms with Gasteiger partial charge in [-0.3, -0.25) is 9.89 Å². The number of carbonyl (C=O) groups is 1. The molecule has 0 radical (unpaired) electrons. The third-order valence-corrected chi connectivity index (χ3v) is 4.43. The van der Waals surface area contributed by atoms with Crippen molar-refractivity contribution < 1.29 is 4.79 Å². The average molecular weight is 364 g/mol. The van der Waals surface area contributed by atoms with Gasteiger partial charge in [-0.15, -0.1) is 0 Å². The van der Waals surface area contributed by atoms with Crippen molar-refractivity contribution in [3.8, 4) is 11.4 Å². The van der Waals surface area contributed by atoms with Crippen LogP contribution in [-0.2, 0) is 7.05 Å². The zero-order valence-corrected chi connectivity index (χ0v) is 15.8. The van der Waals surface area contributed by atoms with E-state index in [2.05, 4.69) is 51.6 Å². The average Bonchev–Trinajstić information content (AvgIpc) is 3.32. The van der Waals surface area contributed by atoms with E-state index in [0.29, 0.717) is 11.4 Å². The zero-order chi connectivity index (χ0) is 19.2. The molecule has 0 fully saturated rings. The van der Waals surface area contributed by atoms with Gasteiger partial charge < -0.3 is 9.47 Å². The van der Waals surface area contributed by atoms with Crippen molar-refractivity contribution in [2.45, 2.75) is 13.8 Å². The Bertz CT molecular complexity index is 918. The third-order valence-electron chi connectivity index (χ3n) is 4.43. The molecule has 0 unspecified atom stereocenters. The Morgan fingerprint density at radius 3 is 2.63 bits per heavy atom. The van der Waals surface area contributed by atoms with Gasteiger partial charge in [-0.05, 0) is 49.7 Å². The van der Waals surface area contributed by atoms with Crippen LogP contribution in [-0.4, -0.2) is 40.0 Å². The molecule has 0 aliphatic carbocycles. The number of carbonyl (C=O) groups excluding carboxylic acids is 1. The van der Waals surface area contributed by atoms with E-state index in [9.17, 15) is 4.79 Å². The Balaban J connectivity index is 1.60. The molecule has 2 N–H and O–H groups in total. The predicted molar refractivity (Wildman–Crippen MR) is 108 cm³/mol. The number of nitrogens with one attached hydrogen (secondary N) is 2. The monoisotopic (exact) mass is 364 g/mol. The van der Waals surface area contributed by atoms with Gasteiger partial charge in [0.2, 0.25) is 0 Å². The summed E-state index contributed by atoms with van der Waals surface area (Å²) in [6.07, 6.45) is 3.55. The first kappa shape index (κ1) is 18.4. The van der Waals surface area contributed by atoms with Crippen molar-refractivity contribution >= 4 is 17.8 Å². The number of hydrazone groups is 1. The Labute approximate surface area is 158 Å². The summed E-state index contributed by atoms with van der Waals surface area (Å²) in [5.74, 6) is -0.334. The van der Waals surface area contributed by atoms with Gasteiger partial charge in [0.05, 0.1) is 11.9 Å². The second-order valence-corrected chi connectivity index (χ2v) is 6.13. The molecular formula is C20H24N6O. The molecular weight excluding hydrogens is 340 g/mol. The molecule has 7 nitrogen and oxygen atoms in total. The molecule has 0 saturated carbocycles. The number of hydrogen-bond acceptors (Lipinski definition) is 4. The highest BCUT2D eigenvalue weighted by molar-refractivity contribution is 5.94. The van der Waals surface area contributed by atoms with Crippen LogP contribution in [0, 0.1) is 0 Å². The number of H-pyrrole nitrogens is 1. The van der Waals surface area contributed by atoms with Crippen LogP contribution >= 0.6 is 0 Å². The van der Waals surface area contributed by atoms with Crippen LogP contribution in [0.25, 0.3) is 11.4 Å². The number of aromatic nitrogens is 3. The van der Waals surface area contributed by atoms with E-state index in [1.54, 1.807) is 12.3 Å². The highest BCUT2D eigenvalue weighted by atomic mass is 16.2. The molecule has 0 bridgehead atoms. The third kappa shape index (κ3) is 4.25. The number of benzene rings is 1. The fraction of sp³-hybridized carbons (Fsp3) is 0.250. The topological polar surface area (TPSA) is 78.3 Å². The summed E-state index contributed by atoms with van der Waals surface area (Å²) in [6.45, 7) is 6.20. The van der Waals surface area contributed by atoms with Crippen LogP contribution in [0.5, 0.6) is 0 Å². The van der Waals surface area contributed by atoms with E-state index in [1.165, 1.54) is 5.69 Å². The van der Waals surface area contributed by atoms with Crippen molar-refractivity contribution in [3.63, 3.8) is 0 Å². The van der Waals surface area contributed by atoms with E-state index in [0.717, 1.165) is 24.3 Å². The van der Waals surface area contributed by atoms with Crippen molar-refractivity contribution in [1.29, 1.82) is 0 Å². The lowest BCUT2D eigenvalue weighted by molar-refractivity contribution is 0.0950. The van der Waals surface area contributed by atoms with Crippen molar-refractivity contribution in [2.75, 3.05) is 18.0 Å². The first-order chi connectivity index (χ1) is 13.1. The molecule has 1 aromatic carbocycles. The normalized spacial score (nSPS) is 11.1. The van der Waals surface area contributed by atoms with E-state index in [1.807, 2.05) is 42.1 Å². The lowest BCUT2D eigenvalue weighted by Gasteiger charge is -2.20. The molecule has 1 amide bonds. The maximum atomic E-state index is 12.2. The second-order valence-electron chi connectivity index (χ2n) is 6.13. The van der Waals surface area contributed by atoms with Crippen LogP contribution < -0.4 is 10.3 Å². The van der Waals surface area contributed by atoms with Gasteiger partial charge in [0.15, 0.2) is 0 Å². The number of nitrogens with zero attached hydrogens (tertiary/aromatic N) is 4. The second kappa shape index (κ2) is 8.35. The van der Waals surface area contributed by atoms with Crippen LogP contribution in [0.15, 0.2) is 53.8 Å². The summed E-state index contributed by atoms with van der Waals surface area (Å²) < 4.78 is 1.94. The fourth-order valence-corrected chi connectivity index (χ4v) is 2.88. The number of anilines is 1. The molecule has 0 atom stereocenters. The zero-order valence-electron chi connectivity index (χ0n) is 15.8. The highest BCUT2D eigenvalue weighted by Gasteiger charge is 2.11. The minimum atomic E-state index is -0.334. The molecule has 140 valence electrons. The number of aryl methyl sites for hydroxylation is 1. The van der Waals surface area contributed by atoms with Crippen molar-refractivity contribution in [1.82, 2.24) is 20.2 Å². The first-order valence-corrected chi connectivity index (χ1v) is 8.98. The molecule has 0 aliphatic rings. The quantitative estimate of drug-likeness (QED) is 0.500. The molecule has 7 heteroatoms. The van der Waals surface area contributed by atoms with Gasteiger partial charge in [-0.1, -0.05) is 12.1 Å². The smallest absolute Gasteiger partial charge is 0.289 e. The molecule has 27 heavy (non-hydrogen) atoms. The van der Waals surface area contributed by atoms with Gasteiger partial charge in [-0.25, -0.2) is 5.43 Å². The number of amides is 1. The van der Waals surface area contributed by atoms with E-state index < -0.39 is 0 Å². The van der Waals surface area contributed by atoms with Crippen molar-refractivity contribution in [3.05, 3.63) is 59.9 Å². The van der Waals surface area contributed by atoms with Gasteiger partial charge in [0.1, 0.15) is 11.4 Å². The molecule has 0 aliphatic heterocycles. The summed E-state index contributed by atoms with van der Waals surface area (Å²) in [5, 5.41) is 11.0. The Hall–Kier alpha value is -3.35. The molecule has 2 aromatic heterocycles. The summed E-state index contributed by atoms with van der Waals surface area (Å²) in [5.41, 5.74) is 6.62. The lowest BCUT2D eigenvalue weighted by atomic mass is 10.2. The van der Waals surface area contributed by atoms with Crippen LogP contribution in [0.2, 0.25) is 0 Å². The minimum Gasteiger partial charge on any atom is -0.372 e. The van der Waals surface area contributed by atoms with Gasteiger partial charge in [0, 0.05) is 32.0 Å². The van der Waals surface area contributed by atoms with Crippen molar-refractivity contribution in [2.24, 2.45) is 12.1 Å². The minimum absolute atomic E-state index is 0.334. The molecule has 0 spiro atoms. The summed E-state index contributed by atoms with van der Waals surface area (Å²) >= 11 is 0. The Morgan fingerprint density at radius 1 is 1.26 bits per heavy atom. The standard InChI is InChI=1S/C20H24N6O/c1-4-26(5-2)16-10-8-15(9-11-16)14-21-24-20(27)18-13-17(22-23-18)19-7-6-12-25(19)3/h6-14H,4-5H2,1-3H3,(H,22,23)(H,24,27)/b21-14-. The largest absolute Gasteiger partial charge is 0.372 e. The van der Waals surface area contributed by atoms with Gasteiger partial charge in [-0.2, -0.15) is 10.2 Å². The van der Waals surface area contributed by atoms with Gasteiger partial charge >= 0.3 is 0 Å². The maximum Gasteiger partial charge on any atom is 0.289 e. The molecule has 2 heterocycles. The Morgan fingerprint density at radius 2 is 2.00 bits per heavy atom. The van der Waals surface area contributed by atoms with Crippen LogP contribution in [0.3, 0.4) is 0 Å². The molecule has 3 aromatic rings. The molecule has 0 saturated heterocycles. The van der Waals surface area contributed by atoms with E-state index in [-0.39, 0.29) is 5.91 Å². The van der Waals surface area contributed by atoms with Crippen LogP contribution in [0.1, 0.15) is 29.9 Å². The number of aromatic amines is 1. The van der Waals surface area contributed by atoms with Gasteiger partial charge in [0.25, 0.3) is 5.91 Å². The SMILES string of the molecule is CCN(CC)c1ccc(/C=N\NC(=O)c2cc(-c3cccn3C)n[nH]2)cc1. The van der Waals surface area contributed by atoms with E-state index >= 15 is 0 Å². The van der Waals surface area contributed by atoms with Crippen LogP contribution in [0.4, 0.5) is 5.69 Å². The number of rotatable bonds is 7. The van der Waals surface area contributed by atoms with E-state index in [4.69, 9.17) is 0 Å².